The van der Waals surface area contributed by atoms with Crippen molar-refractivity contribution in [3.8, 4) is 0 Å². The number of Topliss-reactive ketones (excluding diaryl/α,β-unsaturated/α-hetero) is 1. The quantitative estimate of drug-likeness (QED) is 0.00878. The molecule has 686 valence electrons. The lowest BCUT2D eigenvalue weighted by Gasteiger charge is -2.30. The molecule has 24 N–H and O–H groups in total. The Bertz CT molecular complexity index is 4630. The van der Waals surface area contributed by atoms with Gasteiger partial charge in [0.05, 0.1) is 57.4 Å². The Kier molecular flexibility index (Phi) is 41.5. The van der Waals surface area contributed by atoms with Crippen molar-refractivity contribution in [2.75, 3.05) is 51.0 Å². The number of ketones is 1. The number of aliphatic hydroxyl groups excluding tert-OH is 1. The molecule has 1 aliphatic rings. The number of carboxylic acid groups (broad SMARTS) is 4. The zero-order valence-corrected chi connectivity index (χ0v) is 70.2. The average molecular weight is 1770 g/mol. The van der Waals surface area contributed by atoms with Gasteiger partial charge in [-0.2, -0.15) is 0 Å². The fourth-order valence-corrected chi connectivity index (χ4v) is 13.1. The van der Waals surface area contributed by atoms with Crippen LogP contribution >= 0.6 is 0 Å². The molecular formula is C81H110N18O27. The number of primary amides is 1. The molecule has 3 aromatic carbocycles. The van der Waals surface area contributed by atoms with Crippen molar-refractivity contribution in [1.29, 1.82) is 0 Å². The van der Waals surface area contributed by atoms with Crippen LogP contribution in [0.15, 0.2) is 79.0 Å². The molecule has 1 fully saturated rings. The number of aliphatic hydroxyl groups is 1. The maximum absolute atomic E-state index is 15.0. The highest BCUT2D eigenvalue weighted by Crippen LogP contribution is 2.23. The molecule has 126 heavy (non-hydrogen) atoms. The van der Waals surface area contributed by atoms with Gasteiger partial charge in [0.2, 0.25) is 82.7 Å². The lowest BCUT2D eigenvalue weighted by Crippen LogP contribution is -2.62. The first-order chi connectivity index (χ1) is 59.6. The second kappa shape index (κ2) is 51.0. The highest BCUT2D eigenvalue weighted by Gasteiger charge is 2.41. The number of nitrogen functional groups attached to an aromatic ring is 1. The zero-order valence-electron chi connectivity index (χ0n) is 70.2. The summed E-state index contributed by atoms with van der Waals surface area (Å²) in [4.78, 5) is 295. The molecule has 4 unspecified atom stereocenters. The summed E-state index contributed by atoms with van der Waals surface area (Å²) < 4.78 is 5.73. The van der Waals surface area contributed by atoms with Crippen molar-refractivity contribution in [1.82, 2.24) is 79.4 Å². The Hall–Kier alpha value is -14.2. The monoisotopic (exact) mass is 1770 g/mol. The average Bonchev–Trinajstić information content (AvgIpc) is 1.69. The molecule has 4 aromatic rings. The minimum Gasteiger partial charge on any atom is -0.481 e. The smallest absolute Gasteiger partial charge is 0.329 e. The molecule has 45 heteroatoms. The molecule has 13 atom stereocenters. The Balaban J connectivity index is 1.64. The fraction of sp³-hybridized carbons (Fsp3) is 0.494. The zero-order chi connectivity index (χ0) is 93.6. The number of unbranched alkanes of at least 4 members (excludes halogenated alkanes) is 6. The van der Waals surface area contributed by atoms with E-state index < -0.39 is 267 Å². The highest BCUT2D eigenvalue weighted by molar-refractivity contribution is 6.06. The molecule has 0 saturated carbocycles. The number of carbonyl (C=O) groups is 21. The minimum atomic E-state index is -2.50. The summed E-state index contributed by atoms with van der Waals surface area (Å²) in [5.74, 6) is -30.8. The van der Waals surface area contributed by atoms with Gasteiger partial charge < -0.3 is 126 Å². The van der Waals surface area contributed by atoms with E-state index in [0.29, 0.717) is 35.0 Å². The Morgan fingerprint density at radius 1 is 0.540 bits per heavy atom. The van der Waals surface area contributed by atoms with Crippen LogP contribution in [0, 0.1) is 5.92 Å². The summed E-state index contributed by atoms with van der Waals surface area (Å²) in [5.41, 5.74) is 13.1. The maximum atomic E-state index is 15.0. The first kappa shape index (κ1) is 102. The normalized spacial score (nSPS) is 20.3. The van der Waals surface area contributed by atoms with Gasteiger partial charge >= 0.3 is 29.8 Å². The van der Waals surface area contributed by atoms with E-state index >= 15 is 4.79 Å². The van der Waals surface area contributed by atoms with Crippen LogP contribution < -0.4 is 90.8 Å². The summed E-state index contributed by atoms with van der Waals surface area (Å²) >= 11 is 0. The van der Waals surface area contributed by atoms with Crippen molar-refractivity contribution in [3.05, 3.63) is 95.7 Å². The molecule has 0 radical (unpaired) electrons. The van der Waals surface area contributed by atoms with Gasteiger partial charge in [-0.25, -0.2) is 4.79 Å². The van der Waals surface area contributed by atoms with Crippen molar-refractivity contribution >= 4 is 147 Å². The van der Waals surface area contributed by atoms with Crippen LogP contribution in [0.5, 0.6) is 0 Å². The Labute approximate surface area is 721 Å². The number of carbonyl (C=O) groups excluding carboxylic acids is 17. The Morgan fingerprint density at radius 3 is 1.69 bits per heavy atom. The predicted molar refractivity (Wildman–Crippen MR) is 444 cm³/mol. The van der Waals surface area contributed by atoms with Gasteiger partial charge in [0, 0.05) is 73.9 Å². The van der Waals surface area contributed by atoms with Crippen LogP contribution in [-0.4, -0.2) is 268 Å². The minimum absolute atomic E-state index is 0.0301. The van der Waals surface area contributed by atoms with E-state index in [0.717, 1.165) is 52.9 Å². The van der Waals surface area contributed by atoms with Crippen molar-refractivity contribution < 1.29 is 131 Å². The van der Waals surface area contributed by atoms with Crippen LogP contribution in [-0.2, 0) is 102 Å². The number of aromatic amines is 1. The molecule has 2 heterocycles. The molecule has 15 amide bonds. The number of ether oxygens (including phenoxy) is 1. The highest BCUT2D eigenvalue weighted by atomic mass is 16.5. The number of nitrogens with zero attached hydrogens (tertiary/aromatic N) is 1. The number of nitrogens with two attached hydrogens (primary N) is 2. The topological polar surface area (TPSA) is 708 Å². The van der Waals surface area contributed by atoms with Gasteiger partial charge in [-0.05, 0) is 74.9 Å². The SMILES string of the molecule is CCCCCCCCCC(=O)N[C@@H](Cc1c[nH]c2ccccc12)C(=O)N[C@@H](CC(N)=O)C(=O)N[C@@H](CC(=O)O)C(=O)NC1C(=O)NCC(=O)N[C@@H](CCCNC(=O)c2ccccc2N(C)C)C(=O)NC(CC(=O)O)C(=O)N[C@H](C)C(=O)N[C@@H](CC(=O)O)C(=O)NCC(=O)N[C@H](CO)C(=O)NC([C@H](C)CC(=O)O)C(=O)N[C@@H](CC(=O)c2ccccc2N)C(=O)OC1C. The number of aromatic nitrogens is 1. The standard InChI is InChI=1S/C81H110N18O27/c1-7-8-9-10-11-12-13-28-61(103)90-51(31-44-37-85-49-25-18-15-21-45(44)49)75(119)93-52(33-60(83)102)76(120)95-55(36-67(112)113)77(121)98-69-43(4)126-81(125)56(32-59(101)46-22-14-17-24-48(46)82)96-80(124)68(41(2)30-64(106)107)97-78(122)57(40-100)91-63(105)38-86-72(116)53(34-65(108)109)92-70(114)42(3)88-74(118)54(35-66(110)111)94-73(117)50(89-62(104)39-87-79(69)123)26-20-29-84-71(115)47-23-16-19-27-58(47)99(5)6/h14-19,21-25,27,37,41-43,50-57,68-69,85,100H,7-13,20,26,28-36,38-40,82H2,1-6H3,(H2,83,102)(H,84,115)(H,86,116)(H,87,123)(H,88,118)(H,89,104)(H,90,103)(H,91,105)(H,92,114)(H,93,119)(H,94,117)(H,95,120)(H,96,124)(H,97,122)(H,98,121)(H,106,107)(H,108,109)(H,110,111)(H,112,113)/t41-,42-,43?,50+,51+,52+,53+,54?,55+,56+,57-,68?,69?/m1/s1. The van der Waals surface area contributed by atoms with Crippen LogP contribution in [0.2, 0.25) is 0 Å². The van der Waals surface area contributed by atoms with Crippen LogP contribution in [0.3, 0.4) is 0 Å². The van der Waals surface area contributed by atoms with Crippen molar-refractivity contribution in [3.63, 3.8) is 0 Å². The van der Waals surface area contributed by atoms with E-state index in [9.17, 15) is 121 Å². The first-order valence-electron chi connectivity index (χ1n) is 40.4. The first-order valence-corrected chi connectivity index (χ1v) is 40.4. The van der Waals surface area contributed by atoms with Crippen LogP contribution in [0.1, 0.15) is 157 Å². The van der Waals surface area contributed by atoms with Gasteiger partial charge in [-0.3, -0.25) is 95.9 Å². The third-order valence-corrected chi connectivity index (χ3v) is 19.8. The van der Waals surface area contributed by atoms with E-state index in [1.165, 1.54) is 30.3 Å². The van der Waals surface area contributed by atoms with E-state index in [1.807, 2.05) is 16.0 Å². The molecule has 5 rings (SSSR count). The molecule has 45 nitrogen and oxygen atoms in total. The van der Waals surface area contributed by atoms with Gasteiger partial charge in [-0.15, -0.1) is 0 Å². The van der Waals surface area contributed by atoms with E-state index in [-0.39, 0.29) is 42.6 Å². The number of fused-ring (bicyclic) bond motifs is 1. The molecule has 0 aliphatic carbocycles. The largest absolute Gasteiger partial charge is 0.481 e. The van der Waals surface area contributed by atoms with Crippen LogP contribution in [0.25, 0.3) is 10.9 Å². The number of rotatable bonds is 38. The van der Waals surface area contributed by atoms with Gasteiger partial charge in [0.15, 0.2) is 5.78 Å². The number of esters is 1. The lowest BCUT2D eigenvalue weighted by atomic mass is 9.96. The number of anilines is 2. The summed E-state index contributed by atoms with van der Waals surface area (Å²) in [6, 6.07) is -4.67. The molecular weight excluding hydrogens is 1660 g/mol. The second-order valence-electron chi connectivity index (χ2n) is 30.1. The van der Waals surface area contributed by atoms with Gasteiger partial charge in [0.25, 0.3) is 5.91 Å². The van der Waals surface area contributed by atoms with E-state index in [2.05, 4.69) is 70.4 Å². The number of nitrogens with one attached hydrogen (secondary N) is 15. The second-order valence-corrected chi connectivity index (χ2v) is 30.1. The number of benzene rings is 3. The third kappa shape index (κ3) is 33.9. The summed E-state index contributed by atoms with van der Waals surface area (Å²) in [6.07, 6.45) is -2.88. The van der Waals surface area contributed by atoms with E-state index in [4.69, 9.17) is 16.2 Å². The summed E-state index contributed by atoms with van der Waals surface area (Å²) in [6.45, 7) is 0.900. The molecule has 1 saturated heterocycles. The summed E-state index contributed by atoms with van der Waals surface area (Å²) in [7, 11) is 3.32. The van der Waals surface area contributed by atoms with Crippen LogP contribution in [0.4, 0.5) is 11.4 Å². The van der Waals surface area contributed by atoms with Crippen molar-refractivity contribution in [2.24, 2.45) is 11.7 Å². The number of hydrogen-bond donors (Lipinski definition) is 22. The number of para-hydroxylation sites is 3. The maximum Gasteiger partial charge on any atom is 0.329 e. The summed E-state index contributed by atoms with van der Waals surface area (Å²) in [5, 5.41) is 82.0. The van der Waals surface area contributed by atoms with Crippen molar-refractivity contribution in [2.45, 2.75) is 209 Å². The van der Waals surface area contributed by atoms with E-state index in [1.54, 1.807) is 67.7 Å². The fourth-order valence-electron chi connectivity index (χ4n) is 13.1. The number of carboxylic acids is 4. The molecule has 0 bridgehead atoms. The Morgan fingerprint density at radius 2 is 1.08 bits per heavy atom. The predicted octanol–water partition coefficient (Wildman–Crippen LogP) is -4.08. The third-order valence-electron chi connectivity index (χ3n) is 19.8. The van der Waals surface area contributed by atoms with Gasteiger partial charge in [0.1, 0.15) is 72.6 Å². The number of aliphatic carboxylic acids is 4. The van der Waals surface area contributed by atoms with Gasteiger partial charge in [-0.1, -0.05) is 94.8 Å². The molecule has 0 spiro atoms. The number of H-pyrrole nitrogens is 1. The number of cyclic esters (lactones) is 1. The molecule has 1 aromatic heterocycles. The lowest BCUT2D eigenvalue weighted by molar-refractivity contribution is -0.156. The number of amides is 15. The number of hydrogen-bond acceptors (Lipinski definition) is 25. The molecule has 1 aliphatic heterocycles.